The Balaban J connectivity index is 1.88. The number of anilines is 1. The number of halogens is 1. The first kappa shape index (κ1) is 31.0. The fraction of sp³-hybridized carbons (Fsp3) is 0.333. The minimum Gasteiger partial charge on any atom is -0.495 e. The maximum atomic E-state index is 13.8. The SMILES string of the molecule is CCNC(=O)[C@H](Cc1ccccc1)N(Cc1cccc(Cl)c1)C(=O)CCCN(c1ccccc1OC)S(C)(=O)=O. The number of hydrogen-bond acceptors (Lipinski definition) is 5. The van der Waals surface area contributed by atoms with Gasteiger partial charge in [0, 0.05) is 37.5 Å². The molecule has 0 aliphatic carbocycles. The number of para-hydroxylation sites is 2. The summed E-state index contributed by atoms with van der Waals surface area (Å²) in [4.78, 5) is 28.6. The van der Waals surface area contributed by atoms with Crippen LogP contribution in [-0.4, -0.2) is 57.6 Å². The number of rotatable bonds is 14. The largest absolute Gasteiger partial charge is 0.495 e. The van der Waals surface area contributed by atoms with Gasteiger partial charge in [-0.15, -0.1) is 0 Å². The minimum absolute atomic E-state index is 0.0342. The van der Waals surface area contributed by atoms with Crippen molar-refractivity contribution in [1.82, 2.24) is 10.2 Å². The van der Waals surface area contributed by atoms with Crippen molar-refractivity contribution in [2.75, 3.05) is 30.8 Å². The molecule has 0 fully saturated rings. The number of methoxy groups -OCH3 is 1. The number of hydrogen-bond donors (Lipinski definition) is 1. The van der Waals surface area contributed by atoms with Crippen LogP contribution in [0.25, 0.3) is 0 Å². The van der Waals surface area contributed by atoms with E-state index in [4.69, 9.17) is 16.3 Å². The molecule has 40 heavy (non-hydrogen) atoms. The van der Waals surface area contributed by atoms with E-state index in [0.717, 1.165) is 17.4 Å². The van der Waals surface area contributed by atoms with Gasteiger partial charge in [0.15, 0.2) is 0 Å². The summed E-state index contributed by atoms with van der Waals surface area (Å²) in [5, 5.41) is 3.40. The van der Waals surface area contributed by atoms with Crippen molar-refractivity contribution in [2.45, 2.75) is 38.8 Å². The molecule has 1 N–H and O–H groups in total. The molecule has 0 aliphatic rings. The van der Waals surface area contributed by atoms with Crippen LogP contribution < -0.4 is 14.4 Å². The van der Waals surface area contributed by atoms with Crippen LogP contribution >= 0.6 is 11.6 Å². The predicted molar refractivity (Wildman–Crippen MR) is 159 cm³/mol. The highest BCUT2D eigenvalue weighted by Crippen LogP contribution is 2.30. The standard InChI is InChI=1S/C30H36ClN3O5S/c1-4-32-30(36)27(21-23-12-6-5-7-13-23)33(22-24-14-10-15-25(31)20-24)29(35)18-11-19-34(40(3,37)38)26-16-8-9-17-28(26)39-2/h5-10,12-17,20,27H,4,11,18-19,21-22H2,1-3H3,(H,32,36)/t27-/m0/s1. The smallest absolute Gasteiger partial charge is 0.243 e. The number of likely N-dealkylation sites (N-methyl/N-ethyl adjacent to an activating group) is 1. The summed E-state index contributed by atoms with van der Waals surface area (Å²) in [6, 6.07) is 22.8. The van der Waals surface area contributed by atoms with Crippen LogP contribution in [0.15, 0.2) is 78.9 Å². The van der Waals surface area contributed by atoms with Crippen LogP contribution in [0.3, 0.4) is 0 Å². The Bertz CT molecular complexity index is 1380. The summed E-state index contributed by atoms with van der Waals surface area (Å²) in [6.45, 7) is 2.50. The molecule has 3 aromatic carbocycles. The van der Waals surface area contributed by atoms with E-state index in [1.807, 2.05) is 43.3 Å². The molecule has 0 saturated carbocycles. The van der Waals surface area contributed by atoms with Gasteiger partial charge in [0.05, 0.1) is 19.1 Å². The van der Waals surface area contributed by atoms with Crippen LogP contribution in [0.5, 0.6) is 5.75 Å². The lowest BCUT2D eigenvalue weighted by molar-refractivity contribution is -0.141. The third-order valence-corrected chi connectivity index (χ3v) is 7.79. The van der Waals surface area contributed by atoms with Gasteiger partial charge in [0.25, 0.3) is 0 Å². The lowest BCUT2D eigenvalue weighted by Crippen LogP contribution is -2.50. The van der Waals surface area contributed by atoms with Crippen molar-refractivity contribution in [1.29, 1.82) is 0 Å². The highest BCUT2D eigenvalue weighted by Gasteiger charge is 2.30. The first-order chi connectivity index (χ1) is 19.1. The molecule has 0 radical (unpaired) electrons. The Morgan fingerprint density at radius 1 is 0.975 bits per heavy atom. The highest BCUT2D eigenvalue weighted by atomic mass is 35.5. The first-order valence-corrected chi connectivity index (χ1v) is 15.3. The van der Waals surface area contributed by atoms with Crippen molar-refractivity contribution in [3.8, 4) is 5.75 Å². The normalized spacial score (nSPS) is 11.9. The van der Waals surface area contributed by atoms with Gasteiger partial charge in [-0.2, -0.15) is 0 Å². The van der Waals surface area contributed by atoms with Gasteiger partial charge in [0.2, 0.25) is 21.8 Å². The highest BCUT2D eigenvalue weighted by molar-refractivity contribution is 7.92. The number of sulfonamides is 1. The third-order valence-electron chi connectivity index (χ3n) is 6.37. The Kier molecular flexibility index (Phi) is 11.4. The van der Waals surface area contributed by atoms with Crippen LogP contribution in [0.4, 0.5) is 5.69 Å². The summed E-state index contributed by atoms with van der Waals surface area (Å²) in [5.41, 5.74) is 2.11. The van der Waals surface area contributed by atoms with Crippen molar-refractivity contribution in [3.05, 3.63) is 95.0 Å². The van der Waals surface area contributed by atoms with Gasteiger partial charge in [-0.3, -0.25) is 13.9 Å². The number of nitrogens with zero attached hydrogens (tertiary/aromatic N) is 2. The summed E-state index contributed by atoms with van der Waals surface area (Å²) < 4.78 is 31.9. The number of nitrogens with one attached hydrogen (secondary N) is 1. The third kappa shape index (κ3) is 8.72. The van der Waals surface area contributed by atoms with E-state index in [-0.39, 0.29) is 37.7 Å². The fourth-order valence-electron chi connectivity index (χ4n) is 4.50. The summed E-state index contributed by atoms with van der Waals surface area (Å²) >= 11 is 6.22. The molecule has 0 bridgehead atoms. The van der Waals surface area contributed by atoms with Gasteiger partial charge in [0.1, 0.15) is 11.8 Å². The van der Waals surface area contributed by atoms with Crippen LogP contribution in [0.1, 0.15) is 30.9 Å². The average Bonchev–Trinajstić information content (AvgIpc) is 2.93. The lowest BCUT2D eigenvalue weighted by atomic mass is 10.0. The molecule has 8 nitrogen and oxygen atoms in total. The van der Waals surface area contributed by atoms with Gasteiger partial charge in [-0.1, -0.05) is 66.2 Å². The fourth-order valence-corrected chi connectivity index (χ4v) is 5.68. The molecule has 3 rings (SSSR count). The Morgan fingerprint density at radius 2 is 1.65 bits per heavy atom. The van der Waals surface area contributed by atoms with Crippen LogP contribution in [0.2, 0.25) is 5.02 Å². The average molecular weight is 586 g/mol. The topological polar surface area (TPSA) is 96.0 Å². The quantitative estimate of drug-likeness (QED) is 0.297. The molecule has 0 saturated heterocycles. The summed E-state index contributed by atoms with van der Waals surface area (Å²) in [7, 11) is -2.17. The maximum Gasteiger partial charge on any atom is 0.243 e. The number of ether oxygens (including phenoxy) is 1. The van der Waals surface area contributed by atoms with Crippen molar-refractivity contribution in [2.24, 2.45) is 0 Å². The van der Waals surface area contributed by atoms with E-state index >= 15 is 0 Å². The second-order valence-electron chi connectivity index (χ2n) is 9.36. The van der Waals surface area contributed by atoms with E-state index < -0.39 is 16.1 Å². The van der Waals surface area contributed by atoms with Gasteiger partial charge >= 0.3 is 0 Å². The summed E-state index contributed by atoms with van der Waals surface area (Å²) in [5.74, 6) is -0.102. The van der Waals surface area contributed by atoms with E-state index in [1.54, 1.807) is 47.4 Å². The van der Waals surface area contributed by atoms with Gasteiger partial charge < -0.3 is 15.0 Å². The number of carbonyl (C=O) groups excluding carboxylic acids is 2. The van der Waals surface area contributed by atoms with Gasteiger partial charge in [-0.05, 0) is 48.7 Å². The number of amides is 2. The lowest BCUT2D eigenvalue weighted by Gasteiger charge is -2.32. The second-order valence-corrected chi connectivity index (χ2v) is 11.7. The van der Waals surface area contributed by atoms with Gasteiger partial charge in [-0.25, -0.2) is 8.42 Å². The molecule has 0 aromatic heterocycles. The number of benzene rings is 3. The zero-order chi connectivity index (χ0) is 29.1. The molecule has 2 amide bonds. The molecule has 0 spiro atoms. The molecule has 1 atom stereocenters. The zero-order valence-corrected chi connectivity index (χ0v) is 24.6. The van der Waals surface area contributed by atoms with E-state index in [1.165, 1.54) is 11.4 Å². The Hall–Kier alpha value is -3.56. The number of carbonyl (C=O) groups is 2. The van der Waals surface area contributed by atoms with Crippen LogP contribution in [0, 0.1) is 0 Å². The van der Waals surface area contributed by atoms with E-state index in [9.17, 15) is 18.0 Å². The Labute approximate surface area is 241 Å². The molecule has 214 valence electrons. The molecule has 0 aliphatic heterocycles. The van der Waals surface area contributed by atoms with Crippen molar-refractivity contribution < 1.29 is 22.7 Å². The maximum absolute atomic E-state index is 13.8. The van der Waals surface area contributed by atoms with Crippen molar-refractivity contribution >= 4 is 39.1 Å². The van der Waals surface area contributed by atoms with Crippen LogP contribution in [-0.2, 0) is 32.6 Å². The summed E-state index contributed by atoms with van der Waals surface area (Å²) in [6.07, 6.45) is 1.73. The Morgan fingerprint density at radius 3 is 2.30 bits per heavy atom. The molecule has 10 heteroatoms. The predicted octanol–water partition coefficient (Wildman–Crippen LogP) is 4.67. The molecular formula is C30H36ClN3O5S. The van der Waals surface area contributed by atoms with E-state index in [2.05, 4.69) is 5.32 Å². The van der Waals surface area contributed by atoms with Crippen molar-refractivity contribution in [3.63, 3.8) is 0 Å². The zero-order valence-electron chi connectivity index (χ0n) is 23.0. The molecule has 0 unspecified atom stereocenters. The molecule has 0 heterocycles. The molecular weight excluding hydrogens is 550 g/mol. The first-order valence-electron chi connectivity index (χ1n) is 13.1. The second kappa shape index (κ2) is 14.7. The van der Waals surface area contributed by atoms with E-state index in [0.29, 0.717) is 29.4 Å². The molecule has 3 aromatic rings. The monoisotopic (exact) mass is 585 g/mol. The minimum atomic E-state index is -3.65.